The molecule has 1 heterocycles. The summed E-state index contributed by atoms with van der Waals surface area (Å²) in [5, 5.41) is 0. The van der Waals surface area contributed by atoms with Gasteiger partial charge in [-0.25, -0.2) is 9.97 Å². The van der Waals surface area contributed by atoms with Gasteiger partial charge in [-0.15, -0.1) is 0 Å². The lowest BCUT2D eigenvalue weighted by Gasteiger charge is -2.17. The van der Waals surface area contributed by atoms with Gasteiger partial charge in [0.1, 0.15) is 11.6 Å². The molecule has 0 atom stereocenters. The van der Waals surface area contributed by atoms with Gasteiger partial charge in [-0.3, -0.25) is 0 Å². The molecule has 2 rings (SSSR count). The summed E-state index contributed by atoms with van der Waals surface area (Å²) in [4.78, 5) is 8.83. The first-order valence-corrected chi connectivity index (χ1v) is 6.62. The molecule has 0 aliphatic heterocycles. The van der Waals surface area contributed by atoms with Crippen LogP contribution < -0.4 is 10.5 Å². The number of hydrogen-bond donors (Lipinski definition) is 1. The molecule has 20 heavy (non-hydrogen) atoms. The Hall–Kier alpha value is -2.10. The summed E-state index contributed by atoms with van der Waals surface area (Å²) in [5.41, 5.74) is 12.8. The Bertz CT molecular complexity index is 678. The highest BCUT2D eigenvalue weighted by Crippen LogP contribution is 2.36. The fourth-order valence-corrected chi connectivity index (χ4v) is 2.55. The molecular weight excluding hydrogens is 250 g/mol. The Labute approximate surface area is 120 Å². The highest BCUT2D eigenvalue weighted by molar-refractivity contribution is 5.78. The second-order valence-electron chi connectivity index (χ2n) is 5.14. The smallest absolute Gasteiger partial charge is 0.126 e. The van der Waals surface area contributed by atoms with Crippen LogP contribution in [-0.4, -0.2) is 17.1 Å². The molecule has 4 heteroatoms. The Morgan fingerprint density at radius 2 is 1.65 bits per heavy atom. The normalized spacial score (nSPS) is 10.7. The first-order valence-electron chi connectivity index (χ1n) is 6.62. The van der Waals surface area contributed by atoms with E-state index in [9.17, 15) is 0 Å². The Balaban J connectivity index is 2.78. The van der Waals surface area contributed by atoms with E-state index >= 15 is 0 Å². The Morgan fingerprint density at radius 1 is 1.00 bits per heavy atom. The van der Waals surface area contributed by atoms with Crippen LogP contribution in [0.15, 0.2) is 6.07 Å². The minimum Gasteiger partial charge on any atom is -0.496 e. The summed E-state index contributed by atoms with van der Waals surface area (Å²) in [6, 6.07) is 2.08. The van der Waals surface area contributed by atoms with Crippen molar-refractivity contribution >= 4 is 5.69 Å². The van der Waals surface area contributed by atoms with Gasteiger partial charge in [-0.2, -0.15) is 0 Å². The molecule has 106 valence electrons. The van der Waals surface area contributed by atoms with E-state index in [0.717, 1.165) is 45.2 Å². The zero-order chi connectivity index (χ0) is 15.0. The zero-order valence-electron chi connectivity index (χ0n) is 13.0. The fraction of sp³-hybridized carbons (Fsp3) is 0.375. The van der Waals surface area contributed by atoms with Crippen molar-refractivity contribution in [1.29, 1.82) is 0 Å². The van der Waals surface area contributed by atoms with Gasteiger partial charge in [-0.05, 0) is 57.4 Å². The van der Waals surface area contributed by atoms with E-state index in [1.807, 2.05) is 20.8 Å². The average Bonchev–Trinajstić information content (AvgIpc) is 2.39. The van der Waals surface area contributed by atoms with E-state index < -0.39 is 0 Å². The van der Waals surface area contributed by atoms with Crippen molar-refractivity contribution in [2.75, 3.05) is 12.8 Å². The molecule has 0 spiro atoms. The Kier molecular flexibility index (Phi) is 3.66. The highest BCUT2D eigenvalue weighted by atomic mass is 16.5. The maximum Gasteiger partial charge on any atom is 0.126 e. The van der Waals surface area contributed by atoms with Gasteiger partial charge in [0.15, 0.2) is 0 Å². The maximum atomic E-state index is 6.17. The molecule has 0 saturated carbocycles. The van der Waals surface area contributed by atoms with Crippen molar-refractivity contribution in [3.8, 4) is 17.0 Å². The molecule has 0 aliphatic rings. The van der Waals surface area contributed by atoms with Crippen molar-refractivity contribution in [2.24, 2.45) is 0 Å². The first kappa shape index (κ1) is 14.3. The zero-order valence-corrected chi connectivity index (χ0v) is 13.0. The van der Waals surface area contributed by atoms with Gasteiger partial charge in [0.25, 0.3) is 0 Å². The van der Waals surface area contributed by atoms with Crippen LogP contribution in [0.1, 0.15) is 28.2 Å². The van der Waals surface area contributed by atoms with Crippen molar-refractivity contribution in [3.63, 3.8) is 0 Å². The monoisotopic (exact) mass is 271 g/mol. The third-order valence-corrected chi connectivity index (χ3v) is 3.73. The number of hydrogen-bond acceptors (Lipinski definition) is 4. The van der Waals surface area contributed by atoms with Gasteiger partial charge in [0.05, 0.1) is 24.2 Å². The van der Waals surface area contributed by atoms with Crippen LogP contribution in [0.5, 0.6) is 5.75 Å². The molecule has 0 unspecified atom stereocenters. The number of nitrogen functional groups attached to an aromatic ring is 1. The number of benzene rings is 1. The molecule has 2 N–H and O–H groups in total. The lowest BCUT2D eigenvalue weighted by atomic mass is 9.95. The molecule has 2 aromatic rings. The second-order valence-corrected chi connectivity index (χ2v) is 5.14. The van der Waals surface area contributed by atoms with Gasteiger partial charge in [-0.1, -0.05) is 0 Å². The molecule has 0 bridgehead atoms. The SMILES string of the molecule is COc1c(C)cc(-c2nc(C)nc(C)c2N)c(C)c1C. The number of methoxy groups -OCH3 is 1. The summed E-state index contributed by atoms with van der Waals surface area (Å²) in [7, 11) is 1.70. The summed E-state index contributed by atoms with van der Waals surface area (Å²) in [6.45, 7) is 9.95. The van der Waals surface area contributed by atoms with Gasteiger partial charge < -0.3 is 10.5 Å². The lowest BCUT2D eigenvalue weighted by molar-refractivity contribution is 0.408. The van der Waals surface area contributed by atoms with E-state index in [0.29, 0.717) is 5.69 Å². The van der Waals surface area contributed by atoms with Gasteiger partial charge in [0.2, 0.25) is 0 Å². The quantitative estimate of drug-likeness (QED) is 0.910. The number of ether oxygens (including phenoxy) is 1. The van der Waals surface area contributed by atoms with Crippen LogP contribution in [-0.2, 0) is 0 Å². The first-order chi connectivity index (χ1) is 9.36. The number of rotatable bonds is 2. The Morgan fingerprint density at radius 3 is 2.25 bits per heavy atom. The summed E-state index contributed by atoms with van der Waals surface area (Å²) in [5.74, 6) is 1.66. The largest absolute Gasteiger partial charge is 0.496 e. The molecule has 0 fully saturated rings. The van der Waals surface area contributed by atoms with E-state index in [4.69, 9.17) is 10.5 Å². The van der Waals surface area contributed by atoms with E-state index in [1.165, 1.54) is 0 Å². The molecule has 1 aromatic carbocycles. The molecule has 1 aromatic heterocycles. The molecule has 0 saturated heterocycles. The van der Waals surface area contributed by atoms with Crippen molar-refractivity contribution in [2.45, 2.75) is 34.6 Å². The number of anilines is 1. The average molecular weight is 271 g/mol. The molecule has 0 aliphatic carbocycles. The lowest BCUT2D eigenvalue weighted by Crippen LogP contribution is -2.04. The van der Waals surface area contributed by atoms with Gasteiger partial charge >= 0.3 is 0 Å². The number of aryl methyl sites for hydroxylation is 3. The van der Waals surface area contributed by atoms with Gasteiger partial charge in [0, 0.05) is 5.56 Å². The number of nitrogens with zero attached hydrogens (tertiary/aromatic N) is 2. The third-order valence-electron chi connectivity index (χ3n) is 3.73. The maximum absolute atomic E-state index is 6.17. The highest BCUT2D eigenvalue weighted by Gasteiger charge is 2.16. The number of aromatic nitrogens is 2. The van der Waals surface area contributed by atoms with Crippen LogP contribution in [0.2, 0.25) is 0 Å². The predicted molar refractivity (Wildman–Crippen MR) is 82.1 cm³/mol. The third kappa shape index (κ3) is 2.22. The van der Waals surface area contributed by atoms with Crippen molar-refractivity contribution in [3.05, 3.63) is 34.3 Å². The minimum absolute atomic E-state index is 0.641. The van der Waals surface area contributed by atoms with E-state index in [1.54, 1.807) is 7.11 Å². The summed E-state index contributed by atoms with van der Waals surface area (Å²) >= 11 is 0. The fourth-order valence-electron chi connectivity index (χ4n) is 2.55. The number of nitrogens with two attached hydrogens (primary N) is 1. The van der Waals surface area contributed by atoms with E-state index in [-0.39, 0.29) is 0 Å². The topological polar surface area (TPSA) is 61.0 Å². The van der Waals surface area contributed by atoms with Crippen LogP contribution in [0.3, 0.4) is 0 Å². The van der Waals surface area contributed by atoms with Crippen LogP contribution in [0.25, 0.3) is 11.3 Å². The standard InChI is InChI=1S/C16H21N3O/c1-8-7-13(9(2)10(3)16(8)20-6)15-14(17)11(4)18-12(5)19-15/h7H,17H2,1-6H3. The molecule has 0 amide bonds. The second kappa shape index (κ2) is 5.12. The molecular formula is C16H21N3O. The van der Waals surface area contributed by atoms with Crippen LogP contribution in [0.4, 0.5) is 5.69 Å². The summed E-state index contributed by atoms with van der Waals surface area (Å²) < 4.78 is 5.46. The molecule has 4 nitrogen and oxygen atoms in total. The summed E-state index contributed by atoms with van der Waals surface area (Å²) in [6.07, 6.45) is 0. The van der Waals surface area contributed by atoms with Crippen LogP contribution >= 0.6 is 0 Å². The minimum atomic E-state index is 0.641. The van der Waals surface area contributed by atoms with Crippen LogP contribution in [0, 0.1) is 34.6 Å². The molecule has 0 radical (unpaired) electrons. The van der Waals surface area contributed by atoms with E-state index in [2.05, 4.69) is 29.9 Å². The van der Waals surface area contributed by atoms with Crippen molar-refractivity contribution < 1.29 is 4.74 Å². The predicted octanol–water partition coefficient (Wildman–Crippen LogP) is 3.28. The van der Waals surface area contributed by atoms with Crippen molar-refractivity contribution in [1.82, 2.24) is 9.97 Å².